The summed E-state index contributed by atoms with van der Waals surface area (Å²) >= 11 is 0. The Bertz CT molecular complexity index is 559. The molecule has 4 N–H and O–H groups in total. The van der Waals surface area contributed by atoms with E-state index in [1.165, 1.54) is 0 Å². The van der Waals surface area contributed by atoms with Crippen molar-refractivity contribution in [1.82, 2.24) is 15.0 Å². The van der Waals surface area contributed by atoms with Crippen LogP contribution >= 0.6 is 0 Å². The molecule has 9 nitrogen and oxygen atoms in total. The van der Waals surface area contributed by atoms with Crippen LogP contribution in [0.15, 0.2) is 5.10 Å². The monoisotopic (exact) mass is 317 g/mol. The molecule has 0 radical (unpaired) electrons. The number of rotatable bonds is 4. The highest BCUT2D eigenvalue weighted by molar-refractivity contribution is 7.87. The normalized spacial score (nSPS) is 23.5. The minimum atomic E-state index is -3.71. The minimum absolute atomic E-state index is 0.0276. The van der Waals surface area contributed by atoms with Crippen LogP contribution in [0.3, 0.4) is 0 Å². The maximum absolute atomic E-state index is 12.3. The van der Waals surface area contributed by atoms with Gasteiger partial charge in [0, 0.05) is 32.5 Å². The van der Waals surface area contributed by atoms with Gasteiger partial charge in [-0.2, -0.15) is 13.5 Å². The Morgan fingerprint density at radius 2 is 2.24 bits per heavy atom. The van der Waals surface area contributed by atoms with Crippen LogP contribution in [0.2, 0.25) is 0 Å². The molecule has 2 aliphatic heterocycles. The Morgan fingerprint density at radius 1 is 1.48 bits per heavy atom. The number of nitrogens with one attached hydrogen (secondary N) is 2. The largest absolute Gasteiger partial charge is 0.337 e. The lowest BCUT2D eigenvalue weighted by molar-refractivity contribution is -0.126. The van der Waals surface area contributed by atoms with E-state index in [0.29, 0.717) is 25.2 Å². The Hall–Kier alpha value is -1.52. The van der Waals surface area contributed by atoms with Crippen LogP contribution in [-0.4, -0.2) is 50.5 Å². The molecular weight excluding hydrogens is 298 g/mol. The molecule has 10 heteroatoms. The first-order valence-electron chi connectivity index (χ1n) is 6.77. The van der Waals surface area contributed by atoms with Gasteiger partial charge in [0.15, 0.2) is 0 Å². The molecule has 0 aromatic carbocycles. The topological polar surface area (TPSA) is 134 Å². The van der Waals surface area contributed by atoms with E-state index in [2.05, 4.69) is 15.2 Å². The van der Waals surface area contributed by atoms with Crippen LogP contribution in [-0.2, 0) is 19.8 Å². The number of amides is 2. The molecule has 2 rings (SSSR count). The number of hydrogen-bond acceptors (Lipinski definition) is 5. The number of nitrogens with two attached hydrogens (primary N) is 1. The van der Waals surface area contributed by atoms with E-state index in [1.54, 1.807) is 4.90 Å². The van der Waals surface area contributed by atoms with Crippen LogP contribution < -0.4 is 15.3 Å². The molecule has 1 atom stereocenters. The first-order valence-corrected chi connectivity index (χ1v) is 8.32. The quantitative estimate of drug-likeness (QED) is 0.569. The molecule has 2 heterocycles. The molecule has 0 aromatic rings. The van der Waals surface area contributed by atoms with E-state index in [4.69, 9.17) is 5.14 Å². The predicted octanol–water partition coefficient (Wildman–Crippen LogP) is -1.72. The standard InChI is InChI=1S/C11H19N5O4S/c12-21(19,20)13-6-8-2-1-5-16(7-8)11(18)9-3-4-10(17)15-14-9/h8,13H,1-7H2,(H,15,17)(H2,12,19,20). The van der Waals surface area contributed by atoms with Gasteiger partial charge in [-0.1, -0.05) is 0 Å². The third kappa shape index (κ3) is 4.76. The highest BCUT2D eigenvalue weighted by Gasteiger charge is 2.28. The fraction of sp³-hybridized carbons (Fsp3) is 0.727. The summed E-state index contributed by atoms with van der Waals surface area (Å²) in [7, 11) is -3.71. The predicted molar refractivity (Wildman–Crippen MR) is 75.2 cm³/mol. The lowest BCUT2D eigenvalue weighted by atomic mass is 9.97. The zero-order valence-electron chi connectivity index (χ0n) is 11.5. The summed E-state index contributed by atoms with van der Waals surface area (Å²) in [4.78, 5) is 25.0. The first-order chi connectivity index (χ1) is 9.85. The van der Waals surface area contributed by atoms with Gasteiger partial charge < -0.3 is 4.90 Å². The molecule has 1 unspecified atom stereocenters. The summed E-state index contributed by atoms with van der Waals surface area (Å²) in [5.74, 6) is -0.365. The molecule has 0 saturated carbocycles. The van der Waals surface area contributed by atoms with E-state index in [1.807, 2.05) is 0 Å². The van der Waals surface area contributed by atoms with Crippen molar-refractivity contribution >= 4 is 27.7 Å². The van der Waals surface area contributed by atoms with Crippen molar-refractivity contribution in [1.29, 1.82) is 0 Å². The van der Waals surface area contributed by atoms with Gasteiger partial charge in [0.1, 0.15) is 5.71 Å². The van der Waals surface area contributed by atoms with Gasteiger partial charge in [-0.05, 0) is 18.8 Å². The number of carbonyl (C=O) groups is 2. The lowest BCUT2D eigenvalue weighted by Gasteiger charge is -2.33. The van der Waals surface area contributed by atoms with Crippen molar-refractivity contribution in [2.24, 2.45) is 16.2 Å². The SMILES string of the molecule is NS(=O)(=O)NCC1CCCN(C(=O)C2=NNC(=O)CC2)C1. The molecule has 0 aliphatic carbocycles. The number of nitrogens with zero attached hydrogens (tertiary/aromatic N) is 2. The second-order valence-electron chi connectivity index (χ2n) is 5.25. The summed E-state index contributed by atoms with van der Waals surface area (Å²) in [6, 6.07) is 0. The average molecular weight is 317 g/mol. The van der Waals surface area contributed by atoms with E-state index in [-0.39, 0.29) is 30.7 Å². The first kappa shape index (κ1) is 15.9. The van der Waals surface area contributed by atoms with E-state index in [9.17, 15) is 18.0 Å². The van der Waals surface area contributed by atoms with Crippen LogP contribution in [0, 0.1) is 5.92 Å². The zero-order valence-corrected chi connectivity index (χ0v) is 12.4. The van der Waals surface area contributed by atoms with E-state index in [0.717, 1.165) is 12.8 Å². The summed E-state index contributed by atoms with van der Waals surface area (Å²) < 4.78 is 24.0. The Labute approximate surface area is 123 Å². The van der Waals surface area contributed by atoms with Gasteiger partial charge >= 0.3 is 0 Å². The number of piperidine rings is 1. The van der Waals surface area contributed by atoms with Crippen LogP contribution in [0.4, 0.5) is 0 Å². The lowest BCUT2D eigenvalue weighted by Crippen LogP contribution is -2.47. The summed E-state index contributed by atoms with van der Waals surface area (Å²) in [6.45, 7) is 1.28. The van der Waals surface area contributed by atoms with Gasteiger partial charge in [0.25, 0.3) is 16.1 Å². The molecular formula is C11H19N5O4S. The smallest absolute Gasteiger partial charge is 0.274 e. The van der Waals surface area contributed by atoms with Crippen molar-refractivity contribution in [2.45, 2.75) is 25.7 Å². The Morgan fingerprint density at radius 3 is 2.86 bits per heavy atom. The fourth-order valence-electron chi connectivity index (χ4n) is 2.46. The maximum Gasteiger partial charge on any atom is 0.274 e. The molecule has 118 valence electrons. The van der Waals surface area contributed by atoms with E-state index < -0.39 is 10.2 Å². The third-order valence-corrected chi connectivity index (χ3v) is 4.10. The van der Waals surface area contributed by atoms with Gasteiger partial charge in [0.05, 0.1) is 0 Å². The second-order valence-corrected chi connectivity index (χ2v) is 6.63. The average Bonchev–Trinajstić information content (AvgIpc) is 2.45. The van der Waals surface area contributed by atoms with Crippen molar-refractivity contribution in [2.75, 3.05) is 19.6 Å². The molecule has 0 bridgehead atoms. The number of hydrogen-bond donors (Lipinski definition) is 3. The molecule has 0 spiro atoms. The Kier molecular flexibility index (Phi) is 4.91. The number of likely N-dealkylation sites (tertiary alicyclic amines) is 1. The van der Waals surface area contributed by atoms with Gasteiger partial charge in [-0.15, -0.1) is 0 Å². The summed E-state index contributed by atoms with van der Waals surface area (Å²) in [5, 5.41) is 8.69. The van der Waals surface area contributed by atoms with Gasteiger partial charge in [0.2, 0.25) is 5.91 Å². The minimum Gasteiger partial charge on any atom is -0.337 e. The second kappa shape index (κ2) is 6.50. The third-order valence-electron chi connectivity index (χ3n) is 3.53. The number of hydrazone groups is 1. The van der Waals surface area contributed by atoms with Gasteiger partial charge in [-0.3, -0.25) is 9.59 Å². The van der Waals surface area contributed by atoms with Crippen LogP contribution in [0.25, 0.3) is 0 Å². The summed E-state index contributed by atoms with van der Waals surface area (Å²) in [6.07, 6.45) is 2.22. The highest BCUT2D eigenvalue weighted by Crippen LogP contribution is 2.17. The van der Waals surface area contributed by atoms with Crippen molar-refractivity contribution in [3.05, 3.63) is 0 Å². The Balaban J connectivity index is 1.91. The fourth-order valence-corrected chi connectivity index (χ4v) is 2.93. The molecule has 21 heavy (non-hydrogen) atoms. The van der Waals surface area contributed by atoms with Crippen LogP contribution in [0.1, 0.15) is 25.7 Å². The zero-order chi connectivity index (χ0) is 15.5. The molecule has 1 saturated heterocycles. The van der Waals surface area contributed by atoms with Crippen molar-refractivity contribution in [3.8, 4) is 0 Å². The van der Waals surface area contributed by atoms with E-state index >= 15 is 0 Å². The number of carbonyl (C=O) groups excluding carboxylic acids is 2. The molecule has 2 aliphatic rings. The molecule has 0 aromatic heterocycles. The summed E-state index contributed by atoms with van der Waals surface area (Å²) in [5.41, 5.74) is 2.64. The highest BCUT2D eigenvalue weighted by atomic mass is 32.2. The van der Waals surface area contributed by atoms with Gasteiger partial charge in [-0.25, -0.2) is 15.3 Å². The maximum atomic E-state index is 12.3. The molecule has 2 amide bonds. The van der Waals surface area contributed by atoms with Crippen LogP contribution in [0.5, 0.6) is 0 Å². The molecule has 1 fully saturated rings. The van der Waals surface area contributed by atoms with Crippen molar-refractivity contribution < 1.29 is 18.0 Å². The van der Waals surface area contributed by atoms with Crippen molar-refractivity contribution in [3.63, 3.8) is 0 Å².